The first-order chi connectivity index (χ1) is 14.4. The molecule has 1 amide bonds. The van der Waals surface area contributed by atoms with Gasteiger partial charge in [0.1, 0.15) is 5.69 Å². The molecule has 1 fully saturated rings. The molecule has 1 N–H and O–H groups in total. The zero-order chi connectivity index (χ0) is 20.6. The number of hydrogen-bond acceptors (Lipinski definition) is 5. The monoisotopic (exact) mass is 466 g/mol. The van der Waals surface area contributed by atoms with Crippen LogP contribution in [0.5, 0.6) is 0 Å². The summed E-state index contributed by atoms with van der Waals surface area (Å²) >= 11 is 3.28. The highest BCUT2D eigenvalue weighted by Gasteiger charge is 2.44. The Hall–Kier alpha value is -3.20. The lowest BCUT2D eigenvalue weighted by atomic mass is 9.75. The SMILES string of the molecule is O=C1NCC2(CCC2)n2c1cc1ccc(-c3nc4c([N+](=O)[O-])cc(Br)cc4o3)cc12. The number of nitro groups is 1. The van der Waals surface area contributed by atoms with Crippen molar-refractivity contribution < 1.29 is 14.1 Å². The average Bonchev–Trinajstić information content (AvgIpc) is 3.28. The molecule has 4 aromatic rings. The Morgan fingerprint density at radius 2 is 2.07 bits per heavy atom. The van der Waals surface area contributed by atoms with Crippen LogP contribution in [0.1, 0.15) is 29.8 Å². The van der Waals surface area contributed by atoms with Gasteiger partial charge in [-0.1, -0.05) is 22.0 Å². The Labute approximate surface area is 178 Å². The van der Waals surface area contributed by atoms with E-state index >= 15 is 0 Å². The largest absolute Gasteiger partial charge is 0.436 e. The molecule has 1 saturated carbocycles. The number of carbonyl (C=O) groups is 1. The molecular formula is C21H15BrN4O4. The second-order valence-electron chi connectivity index (χ2n) is 7.95. The number of nitrogens with one attached hydrogen (secondary N) is 1. The van der Waals surface area contributed by atoms with Crippen LogP contribution in [0.15, 0.2) is 45.3 Å². The molecule has 0 radical (unpaired) electrons. The molecule has 2 aromatic heterocycles. The summed E-state index contributed by atoms with van der Waals surface area (Å²) in [4.78, 5) is 27.8. The number of non-ortho nitro benzene ring substituents is 1. The minimum Gasteiger partial charge on any atom is -0.436 e. The maximum absolute atomic E-state index is 12.5. The van der Waals surface area contributed by atoms with Crippen molar-refractivity contribution in [3.63, 3.8) is 0 Å². The van der Waals surface area contributed by atoms with Gasteiger partial charge in [0.2, 0.25) is 5.89 Å². The Morgan fingerprint density at radius 3 is 2.80 bits per heavy atom. The average molecular weight is 467 g/mol. The van der Waals surface area contributed by atoms with E-state index in [9.17, 15) is 14.9 Å². The number of benzene rings is 2. The van der Waals surface area contributed by atoms with Gasteiger partial charge >= 0.3 is 0 Å². The second kappa shape index (κ2) is 5.91. The van der Waals surface area contributed by atoms with Crippen molar-refractivity contribution in [2.24, 2.45) is 0 Å². The molecule has 8 nitrogen and oxygen atoms in total. The predicted octanol–water partition coefficient (Wildman–Crippen LogP) is 4.74. The van der Waals surface area contributed by atoms with Crippen LogP contribution >= 0.6 is 15.9 Å². The maximum Gasteiger partial charge on any atom is 0.299 e. The van der Waals surface area contributed by atoms with Gasteiger partial charge < -0.3 is 14.3 Å². The molecule has 9 heteroatoms. The Morgan fingerprint density at radius 1 is 1.23 bits per heavy atom. The molecule has 0 unspecified atom stereocenters. The molecule has 1 spiro atoms. The zero-order valence-corrected chi connectivity index (χ0v) is 17.2. The third kappa shape index (κ3) is 2.32. The number of hydrogen-bond donors (Lipinski definition) is 1. The Bertz CT molecular complexity index is 1400. The van der Waals surface area contributed by atoms with Crippen LogP contribution in [-0.4, -0.2) is 26.9 Å². The molecule has 0 bridgehead atoms. The first-order valence-electron chi connectivity index (χ1n) is 9.64. The maximum atomic E-state index is 12.5. The first kappa shape index (κ1) is 17.6. The van der Waals surface area contributed by atoms with E-state index in [0.717, 1.165) is 30.2 Å². The number of oxazole rings is 1. The van der Waals surface area contributed by atoms with E-state index in [-0.39, 0.29) is 22.7 Å². The smallest absolute Gasteiger partial charge is 0.299 e. The van der Waals surface area contributed by atoms with E-state index in [1.54, 1.807) is 6.07 Å². The van der Waals surface area contributed by atoms with Gasteiger partial charge in [-0.25, -0.2) is 4.98 Å². The van der Waals surface area contributed by atoms with Crippen LogP contribution in [0, 0.1) is 10.1 Å². The summed E-state index contributed by atoms with van der Waals surface area (Å²) in [6.45, 7) is 0.635. The van der Waals surface area contributed by atoms with E-state index in [1.807, 2.05) is 24.3 Å². The molecule has 150 valence electrons. The number of carbonyl (C=O) groups excluding carboxylic acids is 1. The summed E-state index contributed by atoms with van der Waals surface area (Å²) in [5.41, 5.74) is 2.71. The minimum absolute atomic E-state index is 0.0624. The predicted molar refractivity (Wildman–Crippen MR) is 113 cm³/mol. The summed E-state index contributed by atoms with van der Waals surface area (Å²) in [7, 11) is 0. The van der Waals surface area contributed by atoms with Crippen molar-refractivity contribution in [3.8, 4) is 11.5 Å². The molecule has 1 aliphatic heterocycles. The summed E-state index contributed by atoms with van der Waals surface area (Å²) in [6, 6.07) is 10.8. The van der Waals surface area contributed by atoms with Crippen LogP contribution in [0.25, 0.3) is 33.5 Å². The summed E-state index contributed by atoms with van der Waals surface area (Å²) < 4.78 is 8.59. The van der Waals surface area contributed by atoms with Crippen LogP contribution < -0.4 is 5.32 Å². The van der Waals surface area contributed by atoms with Gasteiger partial charge in [0.15, 0.2) is 11.1 Å². The lowest BCUT2D eigenvalue weighted by Gasteiger charge is -2.47. The van der Waals surface area contributed by atoms with Crippen LogP contribution in [-0.2, 0) is 5.54 Å². The lowest BCUT2D eigenvalue weighted by Crippen LogP contribution is -2.55. The van der Waals surface area contributed by atoms with E-state index in [4.69, 9.17) is 4.42 Å². The van der Waals surface area contributed by atoms with Crippen molar-refractivity contribution in [1.29, 1.82) is 0 Å². The van der Waals surface area contributed by atoms with Crippen molar-refractivity contribution >= 4 is 49.5 Å². The van der Waals surface area contributed by atoms with Crippen molar-refractivity contribution in [1.82, 2.24) is 14.9 Å². The fraction of sp³-hybridized carbons (Fsp3) is 0.238. The molecule has 6 rings (SSSR count). The highest BCUT2D eigenvalue weighted by molar-refractivity contribution is 9.10. The molecule has 3 heterocycles. The van der Waals surface area contributed by atoms with Crippen molar-refractivity contribution in [2.75, 3.05) is 6.54 Å². The Kier molecular flexibility index (Phi) is 3.48. The highest BCUT2D eigenvalue weighted by Crippen LogP contribution is 2.45. The highest BCUT2D eigenvalue weighted by atomic mass is 79.9. The van der Waals surface area contributed by atoms with Gasteiger partial charge in [0.05, 0.1) is 16.0 Å². The normalized spacial score (nSPS) is 17.2. The van der Waals surface area contributed by atoms with Crippen molar-refractivity contribution in [3.05, 3.63) is 56.7 Å². The van der Waals surface area contributed by atoms with Gasteiger partial charge in [-0.2, -0.15) is 0 Å². The molecule has 0 saturated heterocycles. The van der Waals surface area contributed by atoms with Gasteiger partial charge in [-0.05, 0) is 43.5 Å². The molecule has 2 aliphatic rings. The van der Waals surface area contributed by atoms with E-state index in [2.05, 4.69) is 30.8 Å². The number of nitrogens with zero attached hydrogens (tertiary/aromatic N) is 3. The standard InChI is InChI=1S/C21H15BrN4O4/c22-13-8-15(26(28)29)18-17(9-13)30-20(24-18)12-3-2-11-6-16-19(27)23-10-21(4-1-5-21)25(16)14(11)7-12/h2-3,6-9H,1,4-5,10H2,(H,23,27). The molecule has 0 atom stereocenters. The van der Waals surface area contributed by atoms with Crippen LogP contribution in [0.2, 0.25) is 0 Å². The van der Waals surface area contributed by atoms with Crippen LogP contribution in [0.3, 0.4) is 0 Å². The van der Waals surface area contributed by atoms with Crippen LogP contribution in [0.4, 0.5) is 5.69 Å². The third-order valence-corrected chi connectivity index (χ3v) is 6.71. The van der Waals surface area contributed by atoms with E-state index < -0.39 is 4.92 Å². The minimum atomic E-state index is -0.467. The lowest BCUT2D eigenvalue weighted by molar-refractivity contribution is -0.383. The summed E-state index contributed by atoms with van der Waals surface area (Å²) in [5.74, 6) is 0.249. The van der Waals surface area contributed by atoms with Crippen molar-refractivity contribution in [2.45, 2.75) is 24.8 Å². The quantitative estimate of drug-likeness (QED) is 0.339. The fourth-order valence-electron chi connectivity index (χ4n) is 4.65. The fourth-order valence-corrected chi connectivity index (χ4v) is 5.08. The van der Waals surface area contributed by atoms with Gasteiger partial charge in [0, 0.05) is 28.0 Å². The summed E-state index contributed by atoms with van der Waals surface area (Å²) in [5, 5.41) is 15.4. The molecule has 30 heavy (non-hydrogen) atoms. The zero-order valence-electron chi connectivity index (χ0n) is 15.6. The topological polar surface area (TPSA) is 103 Å². The molecular weight excluding hydrogens is 452 g/mol. The van der Waals surface area contributed by atoms with E-state index in [1.165, 1.54) is 6.07 Å². The van der Waals surface area contributed by atoms with Gasteiger partial charge in [0.25, 0.3) is 11.6 Å². The number of halogens is 1. The third-order valence-electron chi connectivity index (χ3n) is 6.26. The number of amides is 1. The number of rotatable bonds is 2. The van der Waals surface area contributed by atoms with Gasteiger partial charge in [-0.3, -0.25) is 14.9 Å². The first-order valence-corrected chi connectivity index (χ1v) is 10.4. The molecule has 2 aromatic carbocycles. The van der Waals surface area contributed by atoms with Gasteiger partial charge in [-0.15, -0.1) is 0 Å². The van der Waals surface area contributed by atoms with E-state index in [0.29, 0.717) is 33.7 Å². The Balaban J connectivity index is 1.56. The summed E-state index contributed by atoms with van der Waals surface area (Å²) in [6.07, 6.45) is 3.19. The number of fused-ring (bicyclic) bond motifs is 5. The number of aromatic nitrogens is 2. The second-order valence-corrected chi connectivity index (χ2v) is 8.86. The molecule has 1 aliphatic carbocycles. The number of nitro benzene ring substituents is 1.